The number of para-hydroxylation sites is 2. The average molecular weight is 363 g/mol. The number of hydrogen-bond acceptors (Lipinski definition) is 2. The predicted octanol–water partition coefficient (Wildman–Crippen LogP) is 6.40. The number of aromatic nitrogens is 2. The fraction of sp³-hybridized carbons (Fsp3) is 0.571. The summed E-state index contributed by atoms with van der Waals surface area (Å²) in [5, 5.41) is 0.552. The Hall–Kier alpha value is -1.32. The Morgan fingerprint density at radius 3 is 2.80 bits per heavy atom. The number of nitrogens with zero attached hydrogens (tertiary/aromatic N) is 2. The van der Waals surface area contributed by atoms with E-state index in [-0.39, 0.29) is 5.60 Å². The lowest BCUT2D eigenvalue weighted by atomic mass is 9.99. The van der Waals surface area contributed by atoms with Gasteiger partial charge in [0, 0.05) is 13.2 Å². The van der Waals surface area contributed by atoms with E-state index in [2.05, 4.69) is 49.4 Å². The van der Waals surface area contributed by atoms with Crippen LogP contribution in [-0.4, -0.2) is 21.8 Å². The lowest BCUT2D eigenvalue weighted by Gasteiger charge is -2.25. The molecule has 3 nitrogen and oxygen atoms in total. The van der Waals surface area contributed by atoms with Crippen molar-refractivity contribution in [2.75, 3.05) is 6.61 Å². The van der Waals surface area contributed by atoms with Crippen LogP contribution in [0.3, 0.4) is 0 Å². The minimum absolute atomic E-state index is 0.0285. The summed E-state index contributed by atoms with van der Waals surface area (Å²) in [6.07, 6.45) is 7.89. The normalized spacial score (nSPS) is 12.9. The fourth-order valence-electron chi connectivity index (χ4n) is 2.93. The molecular formula is C21H31ClN2O. The molecule has 0 aliphatic heterocycles. The molecule has 25 heavy (non-hydrogen) atoms. The minimum atomic E-state index is -0.0285. The van der Waals surface area contributed by atoms with E-state index in [4.69, 9.17) is 16.3 Å². The lowest BCUT2D eigenvalue weighted by molar-refractivity contribution is -0.0257. The summed E-state index contributed by atoms with van der Waals surface area (Å²) in [5.41, 5.74) is 3.39. The van der Waals surface area contributed by atoms with Crippen LogP contribution in [0.4, 0.5) is 0 Å². The van der Waals surface area contributed by atoms with Crippen LogP contribution in [-0.2, 0) is 11.3 Å². The molecule has 0 unspecified atom stereocenters. The molecule has 1 aromatic carbocycles. The van der Waals surface area contributed by atoms with Crippen molar-refractivity contribution in [1.82, 2.24) is 9.55 Å². The molecule has 0 N–H and O–H groups in total. The number of imidazole rings is 1. The second-order valence-electron chi connectivity index (χ2n) is 7.35. The van der Waals surface area contributed by atoms with Gasteiger partial charge in [-0.05, 0) is 70.2 Å². The topological polar surface area (TPSA) is 27.1 Å². The van der Waals surface area contributed by atoms with Gasteiger partial charge in [0.15, 0.2) is 0 Å². The summed E-state index contributed by atoms with van der Waals surface area (Å²) >= 11 is 6.28. The molecule has 0 aliphatic rings. The van der Waals surface area contributed by atoms with Crippen molar-refractivity contribution < 1.29 is 4.74 Å². The Labute approximate surface area is 157 Å². The fourth-order valence-corrected chi connectivity index (χ4v) is 3.18. The summed E-state index contributed by atoms with van der Waals surface area (Å²) in [7, 11) is 0. The smallest absolute Gasteiger partial charge is 0.204 e. The lowest BCUT2D eigenvalue weighted by Crippen LogP contribution is -2.24. The van der Waals surface area contributed by atoms with E-state index in [0.717, 1.165) is 49.9 Å². The average Bonchev–Trinajstić information content (AvgIpc) is 2.88. The van der Waals surface area contributed by atoms with Crippen molar-refractivity contribution in [3.8, 4) is 0 Å². The highest BCUT2D eigenvalue weighted by Crippen LogP contribution is 2.22. The molecule has 0 spiro atoms. The largest absolute Gasteiger partial charge is 0.376 e. The number of rotatable bonds is 10. The zero-order valence-electron chi connectivity index (χ0n) is 16.0. The van der Waals surface area contributed by atoms with Crippen molar-refractivity contribution in [3.05, 3.63) is 41.2 Å². The summed E-state index contributed by atoms with van der Waals surface area (Å²) in [4.78, 5) is 4.40. The highest BCUT2D eigenvalue weighted by atomic mass is 35.5. The number of benzene rings is 1. The first-order chi connectivity index (χ1) is 11.9. The molecule has 138 valence electrons. The van der Waals surface area contributed by atoms with Crippen molar-refractivity contribution >= 4 is 22.6 Å². The molecule has 2 rings (SSSR count). The van der Waals surface area contributed by atoms with Crippen molar-refractivity contribution in [1.29, 1.82) is 0 Å². The van der Waals surface area contributed by atoms with E-state index in [1.54, 1.807) is 0 Å². The quantitative estimate of drug-likeness (QED) is 0.361. The van der Waals surface area contributed by atoms with Crippen molar-refractivity contribution in [3.63, 3.8) is 0 Å². The molecule has 0 radical (unpaired) electrons. The predicted molar refractivity (Wildman–Crippen MR) is 107 cm³/mol. The van der Waals surface area contributed by atoms with Crippen LogP contribution in [0.1, 0.15) is 59.8 Å². The number of allylic oxidation sites excluding steroid dienone is 2. The number of ether oxygens (including phenoxy) is 1. The maximum absolute atomic E-state index is 6.28. The van der Waals surface area contributed by atoms with Gasteiger partial charge in [-0.3, -0.25) is 0 Å². The maximum Gasteiger partial charge on any atom is 0.204 e. The van der Waals surface area contributed by atoms with Crippen LogP contribution < -0.4 is 0 Å². The zero-order valence-corrected chi connectivity index (χ0v) is 16.8. The van der Waals surface area contributed by atoms with E-state index >= 15 is 0 Å². The minimum Gasteiger partial charge on any atom is -0.376 e. The highest BCUT2D eigenvalue weighted by molar-refractivity contribution is 6.29. The maximum atomic E-state index is 6.28. The van der Waals surface area contributed by atoms with Crippen LogP contribution in [0, 0.1) is 0 Å². The van der Waals surface area contributed by atoms with E-state index < -0.39 is 0 Å². The van der Waals surface area contributed by atoms with Crippen LogP contribution in [0.25, 0.3) is 11.0 Å². The SMILES string of the molecule is CCCCOC(C)(C)CCC/C(C)=C/Cn1c(Cl)nc2ccccc21. The van der Waals surface area contributed by atoms with Crippen LogP contribution in [0.5, 0.6) is 0 Å². The zero-order chi connectivity index (χ0) is 18.3. The Balaban J connectivity index is 1.84. The number of halogens is 1. The van der Waals surface area contributed by atoms with Gasteiger partial charge >= 0.3 is 0 Å². The molecule has 0 amide bonds. The Bertz CT molecular complexity index is 703. The molecule has 0 fully saturated rings. The standard InChI is InChI=1S/C21H31ClN2O/c1-5-6-16-25-21(3,4)14-9-10-17(2)13-15-24-19-12-8-7-11-18(19)23-20(24)22/h7-8,11-13H,5-6,9-10,14-16H2,1-4H3/b17-13+. The molecule has 0 saturated heterocycles. The number of unbranched alkanes of at least 4 members (excludes halogenated alkanes) is 1. The van der Waals surface area contributed by atoms with Crippen molar-refractivity contribution in [2.24, 2.45) is 0 Å². The molecule has 2 aromatic rings. The van der Waals surface area contributed by atoms with E-state index in [9.17, 15) is 0 Å². The van der Waals surface area contributed by atoms with Gasteiger partial charge in [0.25, 0.3) is 0 Å². The van der Waals surface area contributed by atoms with Gasteiger partial charge in [-0.15, -0.1) is 0 Å². The molecule has 1 heterocycles. The van der Waals surface area contributed by atoms with Gasteiger partial charge in [-0.1, -0.05) is 37.1 Å². The van der Waals surface area contributed by atoms with Gasteiger partial charge in [0.1, 0.15) is 0 Å². The van der Waals surface area contributed by atoms with E-state index in [1.807, 2.05) is 18.2 Å². The molecule has 0 bridgehead atoms. The monoisotopic (exact) mass is 362 g/mol. The van der Waals surface area contributed by atoms with Crippen LogP contribution >= 0.6 is 11.6 Å². The third-order valence-electron chi connectivity index (χ3n) is 4.57. The summed E-state index contributed by atoms with van der Waals surface area (Å²) in [5.74, 6) is 0. The Morgan fingerprint density at radius 2 is 2.04 bits per heavy atom. The summed E-state index contributed by atoms with van der Waals surface area (Å²) in [6.45, 7) is 10.4. The van der Waals surface area contributed by atoms with Gasteiger partial charge in [-0.25, -0.2) is 4.98 Å². The molecule has 1 aromatic heterocycles. The molecule has 0 aliphatic carbocycles. The first-order valence-corrected chi connectivity index (χ1v) is 9.71. The van der Waals surface area contributed by atoms with Crippen LogP contribution in [0.2, 0.25) is 5.28 Å². The Morgan fingerprint density at radius 1 is 1.28 bits per heavy atom. The second-order valence-corrected chi connectivity index (χ2v) is 7.68. The van der Waals surface area contributed by atoms with Gasteiger partial charge in [0.2, 0.25) is 5.28 Å². The third kappa shape index (κ3) is 6.16. The Kier molecular flexibility index (Phi) is 7.52. The third-order valence-corrected chi connectivity index (χ3v) is 4.86. The molecule has 0 atom stereocenters. The first kappa shape index (κ1) is 20.0. The molecule has 0 saturated carbocycles. The second kappa shape index (κ2) is 9.40. The van der Waals surface area contributed by atoms with Gasteiger partial charge < -0.3 is 9.30 Å². The van der Waals surface area contributed by atoms with Crippen LogP contribution in [0.15, 0.2) is 35.9 Å². The summed E-state index contributed by atoms with van der Waals surface area (Å²) < 4.78 is 8.04. The summed E-state index contributed by atoms with van der Waals surface area (Å²) in [6, 6.07) is 8.07. The molecule has 4 heteroatoms. The van der Waals surface area contributed by atoms with E-state index in [0.29, 0.717) is 5.28 Å². The van der Waals surface area contributed by atoms with Gasteiger partial charge in [0.05, 0.1) is 16.6 Å². The van der Waals surface area contributed by atoms with E-state index in [1.165, 1.54) is 12.0 Å². The highest BCUT2D eigenvalue weighted by Gasteiger charge is 2.17. The van der Waals surface area contributed by atoms with Crippen molar-refractivity contribution in [2.45, 2.75) is 71.9 Å². The molecular weight excluding hydrogens is 332 g/mol. The number of hydrogen-bond donors (Lipinski definition) is 0. The first-order valence-electron chi connectivity index (χ1n) is 9.33. The van der Waals surface area contributed by atoms with Gasteiger partial charge in [-0.2, -0.15) is 0 Å². The number of fused-ring (bicyclic) bond motifs is 1.